The summed E-state index contributed by atoms with van der Waals surface area (Å²) in [5.74, 6) is -0.826. The van der Waals surface area contributed by atoms with Gasteiger partial charge in [0.05, 0.1) is 6.42 Å². The molecule has 0 aliphatic carbocycles. The van der Waals surface area contributed by atoms with Gasteiger partial charge in [0.15, 0.2) is 0 Å². The van der Waals surface area contributed by atoms with E-state index in [1.54, 1.807) is 0 Å². The Hall–Kier alpha value is -0.860. The van der Waals surface area contributed by atoms with Gasteiger partial charge in [0.1, 0.15) is 0 Å². The highest BCUT2D eigenvalue weighted by Crippen LogP contribution is 1.93. The molecule has 3 nitrogen and oxygen atoms in total. The minimum atomic E-state index is -0.826. The SMILES string of the molecule is CCC(=N)CCC(=O)O. The number of hydrogen-bond acceptors (Lipinski definition) is 2. The van der Waals surface area contributed by atoms with Gasteiger partial charge in [-0.1, -0.05) is 6.92 Å². The van der Waals surface area contributed by atoms with Crippen molar-refractivity contribution >= 4 is 11.7 Å². The molecule has 2 N–H and O–H groups in total. The lowest BCUT2D eigenvalue weighted by molar-refractivity contribution is -0.136. The Morgan fingerprint density at radius 1 is 1.56 bits per heavy atom. The van der Waals surface area contributed by atoms with Crippen LogP contribution in [0.4, 0.5) is 0 Å². The average Bonchev–Trinajstić information content (AvgIpc) is 1.83. The maximum Gasteiger partial charge on any atom is 0.303 e. The van der Waals surface area contributed by atoms with Crippen LogP contribution in [0.3, 0.4) is 0 Å². The second kappa shape index (κ2) is 4.06. The third kappa shape index (κ3) is 5.00. The molecule has 0 aromatic rings. The molecule has 0 bridgehead atoms. The second-order valence-electron chi connectivity index (χ2n) is 1.85. The van der Waals surface area contributed by atoms with E-state index >= 15 is 0 Å². The predicted molar refractivity (Wildman–Crippen MR) is 34.9 cm³/mol. The van der Waals surface area contributed by atoms with Crippen LogP contribution in [0.25, 0.3) is 0 Å². The molecule has 0 aliphatic rings. The molecular weight excluding hydrogens is 118 g/mol. The highest BCUT2D eigenvalue weighted by atomic mass is 16.4. The lowest BCUT2D eigenvalue weighted by Crippen LogP contribution is -2.00. The Balaban J connectivity index is 3.28. The van der Waals surface area contributed by atoms with Crippen molar-refractivity contribution in [3.05, 3.63) is 0 Å². The zero-order chi connectivity index (χ0) is 7.28. The highest BCUT2D eigenvalue weighted by molar-refractivity contribution is 5.84. The molecule has 0 saturated heterocycles. The van der Waals surface area contributed by atoms with E-state index < -0.39 is 5.97 Å². The first kappa shape index (κ1) is 8.14. The summed E-state index contributed by atoms with van der Waals surface area (Å²) in [5, 5.41) is 15.2. The summed E-state index contributed by atoms with van der Waals surface area (Å²) in [5.41, 5.74) is 0.511. The second-order valence-corrected chi connectivity index (χ2v) is 1.85. The zero-order valence-corrected chi connectivity index (χ0v) is 5.48. The van der Waals surface area contributed by atoms with Crippen LogP contribution in [0.15, 0.2) is 0 Å². The van der Waals surface area contributed by atoms with E-state index in [1.807, 2.05) is 6.92 Å². The van der Waals surface area contributed by atoms with E-state index in [-0.39, 0.29) is 6.42 Å². The summed E-state index contributed by atoms with van der Waals surface area (Å²) in [6.45, 7) is 1.85. The summed E-state index contributed by atoms with van der Waals surface area (Å²) in [6.07, 6.45) is 1.14. The fourth-order valence-electron chi connectivity index (χ4n) is 0.435. The molecule has 3 heteroatoms. The number of aliphatic carboxylic acids is 1. The minimum Gasteiger partial charge on any atom is -0.481 e. The van der Waals surface area contributed by atoms with Crippen molar-refractivity contribution in [2.45, 2.75) is 26.2 Å². The molecule has 52 valence electrons. The number of carbonyl (C=O) groups is 1. The third-order valence-electron chi connectivity index (χ3n) is 1.07. The van der Waals surface area contributed by atoms with Gasteiger partial charge >= 0.3 is 5.97 Å². The van der Waals surface area contributed by atoms with Crippen molar-refractivity contribution < 1.29 is 9.90 Å². The van der Waals surface area contributed by atoms with Crippen LogP contribution < -0.4 is 0 Å². The van der Waals surface area contributed by atoms with Gasteiger partial charge in [-0.3, -0.25) is 4.79 Å². The standard InChI is InChI=1S/C6H11NO2/c1-2-5(7)3-4-6(8)9/h7H,2-4H2,1H3,(H,8,9). The molecular formula is C6H11NO2. The van der Waals surface area contributed by atoms with Gasteiger partial charge in [-0.05, 0) is 12.8 Å². The molecule has 0 saturated carbocycles. The molecule has 0 amide bonds. The van der Waals surface area contributed by atoms with Gasteiger partial charge in [-0.15, -0.1) is 0 Å². The van der Waals surface area contributed by atoms with Crippen LogP contribution in [-0.4, -0.2) is 16.8 Å². The molecule has 0 spiro atoms. The highest BCUT2D eigenvalue weighted by Gasteiger charge is 1.98. The lowest BCUT2D eigenvalue weighted by Gasteiger charge is -1.94. The topological polar surface area (TPSA) is 61.2 Å². The molecule has 0 atom stereocenters. The monoisotopic (exact) mass is 129 g/mol. The van der Waals surface area contributed by atoms with E-state index in [4.69, 9.17) is 10.5 Å². The summed E-state index contributed by atoms with van der Waals surface area (Å²) in [7, 11) is 0. The fraction of sp³-hybridized carbons (Fsp3) is 0.667. The van der Waals surface area contributed by atoms with Gasteiger partial charge in [0, 0.05) is 5.71 Å². The van der Waals surface area contributed by atoms with E-state index in [1.165, 1.54) is 0 Å². The molecule has 0 unspecified atom stereocenters. The van der Waals surface area contributed by atoms with Crippen molar-refractivity contribution in [2.75, 3.05) is 0 Å². The van der Waals surface area contributed by atoms with Crippen molar-refractivity contribution in [3.8, 4) is 0 Å². The Morgan fingerprint density at radius 2 is 2.11 bits per heavy atom. The molecule has 0 fully saturated rings. The minimum absolute atomic E-state index is 0.0900. The van der Waals surface area contributed by atoms with Gasteiger partial charge in [-0.2, -0.15) is 0 Å². The Bertz CT molecular complexity index is 120. The Morgan fingerprint density at radius 3 is 2.44 bits per heavy atom. The summed E-state index contributed by atoms with van der Waals surface area (Å²) < 4.78 is 0. The van der Waals surface area contributed by atoms with Crippen LogP contribution in [0, 0.1) is 5.41 Å². The number of carboxylic acids is 1. The molecule has 0 aliphatic heterocycles. The predicted octanol–water partition coefficient (Wildman–Crippen LogP) is 1.28. The molecule has 0 aromatic carbocycles. The van der Waals surface area contributed by atoms with E-state index in [9.17, 15) is 4.79 Å². The summed E-state index contributed by atoms with van der Waals surface area (Å²) in [4.78, 5) is 9.92. The van der Waals surface area contributed by atoms with Gasteiger partial charge < -0.3 is 10.5 Å². The Kier molecular flexibility index (Phi) is 3.67. The molecule has 9 heavy (non-hydrogen) atoms. The third-order valence-corrected chi connectivity index (χ3v) is 1.07. The first-order valence-corrected chi connectivity index (χ1v) is 2.95. The maximum absolute atomic E-state index is 9.92. The number of hydrogen-bond donors (Lipinski definition) is 2. The zero-order valence-electron chi connectivity index (χ0n) is 5.48. The Labute approximate surface area is 54.2 Å². The summed E-state index contributed by atoms with van der Waals surface area (Å²) in [6, 6.07) is 0. The quantitative estimate of drug-likeness (QED) is 0.561. The van der Waals surface area contributed by atoms with Crippen LogP contribution in [-0.2, 0) is 4.79 Å². The van der Waals surface area contributed by atoms with Crippen LogP contribution in [0.1, 0.15) is 26.2 Å². The number of nitrogens with one attached hydrogen (secondary N) is 1. The van der Waals surface area contributed by atoms with E-state index in [0.717, 1.165) is 0 Å². The molecule has 0 radical (unpaired) electrons. The van der Waals surface area contributed by atoms with Crippen LogP contribution in [0.2, 0.25) is 0 Å². The summed E-state index contributed by atoms with van der Waals surface area (Å²) >= 11 is 0. The first-order chi connectivity index (χ1) is 4.16. The molecule has 0 heterocycles. The largest absolute Gasteiger partial charge is 0.481 e. The molecule has 0 rings (SSSR count). The van der Waals surface area contributed by atoms with Crippen LogP contribution >= 0.6 is 0 Å². The van der Waals surface area contributed by atoms with Crippen molar-refractivity contribution in [3.63, 3.8) is 0 Å². The normalized spacial score (nSPS) is 9.00. The van der Waals surface area contributed by atoms with Gasteiger partial charge in [-0.25, -0.2) is 0 Å². The van der Waals surface area contributed by atoms with Gasteiger partial charge in [0.2, 0.25) is 0 Å². The van der Waals surface area contributed by atoms with E-state index in [2.05, 4.69) is 0 Å². The van der Waals surface area contributed by atoms with Gasteiger partial charge in [0.25, 0.3) is 0 Å². The maximum atomic E-state index is 9.92. The number of rotatable bonds is 4. The fourth-order valence-corrected chi connectivity index (χ4v) is 0.435. The van der Waals surface area contributed by atoms with Crippen molar-refractivity contribution in [1.82, 2.24) is 0 Å². The first-order valence-electron chi connectivity index (χ1n) is 2.95. The van der Waals surface area contributed by atoms with Crippen molar-refractivity contribution in [1.29, 1.82) is 5.41 Å². The van der Waals surface area contributed by atoms with Crippen LogP contribution in [0.5, 0.6) is 0 Å². The van der Waals surface area contributed by atoms with E-state index in [0.29, 0.717) is 18.6 Å². The smallest absolute Gasteiger partial charge is 0.303 e. The lowest BCUT2D eigenvalue weighted by atomic mass is 10.2. The number of carboxylic acid groups (broad SMARTS) is 1. The van der Waals surface area contributed by atoms with Crippen molar-refractivity contribution in [2.24, 2.45) is 0 Å². The molecule has 0 aromatic heterocycles. The average molecular weight is 129 g/mol.